The van der Waals surface area contributed by atoms with Crippen LogP contribution in [-0.2, 0) is 17.1 Å². The Morgan fingerprint density at radius 1 is 1.18 bits per heavy atom. The van der Waals surface area contributed by atoms with Crippen LogP contribution in [-0.4, -0.2) is 10.9 Å². The SMILES string of the molecule is CC(C)C(=O)C[n+]1ccccc1CSc1ccc(O)cc1.[Br-]. The summed E-state index contributed by atoms with van der Waals surface area (Å²) in [7, 11) is 0. The van der Waals surface area contributed by atoms with E-state index in [2.05, 4.69) is 0 Å². The molecule has 2 aromatic rings. The average Bonchev–Trinajstić information content (AvgIpc) is 2.48. The second kappa shape index (κ2) is 8.96. The molecule has 1 aromatic heterocycles. The molecule has 3 nitrogen and oxygen atoms in total. The van der Waals surface area contributed by atoms with Crippen molar-refractivity contribution in [2.24, 2.45) is 5.92 Å². The molecule has 0 aliphatic carbocycles. The summed E-state index contributed by atoms with van der Waals surface area (Å²) in [5.41, 5.74) is 1.12. The first-order valence-electron chi connectivity index (χ1n) is 6.98. The van der Waals surface area contributed by atoms with Crippen LogP contribution in [0.15, 0.2) is 53.6 Å². The summed E-state index contributed by atoms with van der Waals surface area (Å²) in [5, 5.41) is 9.29. The Morgan fingerprint density at radius 2 is 1.86 bits per heavy atom. The van der Waals surface area contributed by atoms with Gasteiger partial charge in [0.05, 0.1) is 5.75 Å². The third kappa shape index (κ3) is 5.46. The van der Waals surface area contributed by atoms with E-state index in [-0.39, 0.29) is 34.4 Å². The first kappa shape index (κ1) is 18.7. The maximum absolute atomic E-state index is 11.9. The van der Waals surface area contributed by atoms with E-state index >= 15 is 0 Å². The fourth-order valence-corrected chi connectivity index (χ4v) is 2.75. The van der Waals surface area contributed by atoms with E-state index in [1.54, 1.807) is 23.9 Å². The van der Waals surface area contributed by atoms with Crippen LogP contribution in [0.1, 0.15) is 19.5 Å². The molecule has 0 aliphatic rings. The predicted molar refractivity (Wildman–Crippen MR) is 84.1 cm³/mol. The number of phenolic OH excluding ortho intramolecular Hbond substituents is 1. The first-order chi connectivity index (χ1) is 10.1. The van der Waals surface area contributed by atoms with Crippen LogP contribution < -0.4 is 21.5 Å². The van der Waals surface area contributed by atoms with E-state index in [0.717, 1.165) is 16.3 Å². The van der Waals surface area contributed by atoms with Gasteiger partial charge >= 0.3 is 0 Å². The molecule has 0 saturated heterocycles. The van der Waals surface area contributed by atoms with Gasteiger partial charge in [-0.15, -0.1) is 11.8 Å². The molecular formula is C17H20BrNO2S. The molecule has 1 N–H and O–H groups in total. The molecule has 0 unspecified atom stereocenters. The Hall–Kier alpha value is -1.33. The molecule has 0 spiro atoms. The van der Waals surface area contributed by atoms with Crippen molar-refractivity contribution >= 4 is 17.5 Å². The van der Waals surface area contributed by atoms with Crippen LogP contribution in [0.4, 0.5) is 0 Å². The zero-order chi connectivity index (χ0) is 15.2. The maximum atomic E-state index is 11.9. The molecule has 0 amide bonds. The van der Waals surface area contributed by atoms with Gasteiger partial charge in [-0.25, -0.2) is 0 Å². The van der Waals surface area contributed by atoms with Crippen molar-refractivity contribution in [2.75, 3.05) is 0 Å². The number of rotatable bonds is 6. The minimum absolute atomic E-state index is 0. The van der Waals surface area contributed by atoms with E-state index in [4.69, 9.17) is 0 Å². The number of carbonyl (C=O) groups excluding carboxylic acids is 1. The molecular weight excluding hydrogens is 362 g/mol. The summed E-state index contributed by atoms with van der Waals surface area (Å²) < 4.78 is 2.01. The van der Waals surface area contributed by atoms with Gasteiger partial charge in [0.15, 0.2) is 17.7 Å². The summed E-state index contributed by atoms with van der Waals surface area (Å²) in [5.74, 6) is 1.35. The molecule has 1 heterocycles. The number of carbonyl (C=O) groups is 1. The number of thioether (sulfide) groups is 1. The number of aromatic hydroxyl groups is 1. The number of nitrogens with zero attached hydrogens (tertiary/aromatic N) is 1. The van der Waals surface area contributed by atoms with Gasteiger partial charge in [-0.2, -0.15) is 4.57 Å². The van der Waals surface area contributed by atoms with E-state index in [9.17, 15) is 9.90 Å². The Labute approximate surface area is 146 Å². The smallest absolute Gasteiger partial charge is 0.207 e. The zero-order valence-corrected chi connectivity index (χ0v) is 15.1. The summed E-state index contributed by atoms with van der Waals surface area (Å²) in [6.45, 7) is 4.28. The number of hydrogen-bond acceptors (Lipinski definition) is 3. The predicted octanol–water partition coefficient (Wildman–Crippen LogP) is 0.201. The lowest BCUT2D eigenvalue weighted by Crippen LogP contribution is -3.00. The molecule has 22 heavy (non-hydrogen) atoms. The van der Waals surface area contributed by atoms with Crippen LogP contribution in [0, 0.1) is 5.92 Å². The number of hydrogen-bond donors (Lipinski definition) is 1. The highest BCUT2D eigenvalue weighted by molar-refractivity contribution is 7.98. The number of ketones is 1. The topological polar surface area (TPSA) is 41.2 Å². The maximum Gasteiger partial charge on any atom is 0.207 e. The van der Waals surface area contributed by atoms with Gasteiger partial charge in [-0.3, -0.25) is 4.79 Å². The molecule has 1 aromatic carbocycles. The molecule has 2 rings (SSSR count). The minimum atomic E-state index is 0. The second-order valence-corrected chi connectivity index (χ2v) is 6.27. The van der Waals surface area contributed by atoms with Crippen LogP contribution in [0.2, 0.25) is 0 Å². The van der Waals surface area contributed by atoms with Crippen LogP contribution >= 0.6 is 11.8 Å². The lowest BCUT2D eigenvalue weighted by atomic mass is 10.1. The summed E-state index contributed by atoms with van der Waals surface area (Å²) in [4.78, 5) is 13.0. The fraction of sp³-hybridized carbons (Fsp3) is 0.294. The first-order valence-corrected chi connectivity index (χ1v) is 7.96. The molecule has 0 aliphatic heterocycles. The number of Topliss-reactive ketones (excluding diaryl/α,β-unsaturated/α-hetero) is 1. The van der Waals surface area contributed by atoms with Crippen LogP contribution in [0.3, 0.4) is 0 Å². The van der Waals surface area contributed by atoms with Crippen molar-refractivity contribution in [2.45, 2.75) is 31.0 Å². The highest BCUT2D eigenvalue weighted by atomic mass is 79.9. The Bertz CT molecular complexity index is 614. The van der Waals surface area contributed by atoms with Gasteiger partial charge in [0, 0.05) is 22.9 Å². The lowest BCUT2D eigenvalue weighted by Gasteiger charge is -2.05. The third-order valence-corrected chi connectivity index (χ3v) is 4.27. The molecule has 0 radical (unpaired) electrons. The lowest BCUT2D eigenvalue weighted by molar-refractivity contribution is -0.691. The molecule has 5 heteroatoms. The molecule has 118 valence electrons. The quantitative estimate of drug-likeness (QED) is 0.574. The molecule has 0 bridgehead atoms. The minimum Gasteiger partial charge on any atom is -1.00 e. The number of phenols is 1. The average molecular weight is 382 g/mol. The molecule has 0 saturated carbocycles. The Balaban J connectivity index is 0.00000242. The highest BCUT2D eigenvalue weighted by Gasteiger charge is 2.17. The van der Waals surface area contributed by atoms with Crippen molar-refractivity contribution in [1.82, 2.24) is 0 Å². The normalized spacial score (nSPS) is 10.3. The van der Waals surface area contributed by atoms with Crippen molar-refractivity contribution in [1.29, 1.82) is 0 Å². The number of benzene rings is 1. The van der Waals surface area contributed by atoms with Gasteiger partial charge in [-0.1, -0.05) is 19.9 Å². The molecule has 0 atom stereocenters. The largest absolute Gasteiger partial charge is 1.00 e. The van der Waals surface area contributed by atoms with Gasteiger partial charge in [0.1, 0.15) is 5.75 Å². The summed E-state index contributed by atoms with van der Waals surface area (Å²) in [6.07, 6.45) is 1.95. The number of pyridine rings is 1. The fourth-order valence-electron chi connectivity index (χ4n) is 1.85. The van der Waals surface area contributed by atoms with Crippen LogP contribution in [0.5, 0.6) is 5.75 Å². The van der Waals surface area contributed by atoms with Crippen molar-refractivity contribution < 1.29 is 31.4 Å². The van der Waals surface area contributed by atoms with Gasteiger partial charge in [0.25, 0.3) is 0 Å². The van der Waals surface area contributed by atoms with Gasteiger partial charge in [-0.05, 0) is 24.3 Å². The van der Waals surface area contributed by atoms with Crippen LogP contribution in [0.25, 0.3) is 0 Å². The van der Waals surface area contributed by atoms with Crippen molar-refractivity contribution in [3.05, 3.63) is 54.4 Å². The summed E-state index contributed by atoms with van der Waals surface area (Å²) in [6, 6.07) is 13.1. The van der Waals surface area contributed by atoms with E-state index in [0.29, 0.717) is 6.54 Å². The number of halogens is 1. The van der Waals surface area contributed by atoms with Gasteiger partial charge < -0.3 is 22.1 Å². The second-order valence-electron chi connectivity index (χ2n) is 5.22. The standard InChI is InChI=1S/C17H19NO2S.BrH/c1-13(2)17(20)11-18-10-4-3-5-14(18)12-21-16-8-6-15(19)7-9-16;/h3-10,13H,11-12H2,1-2H3;1H. The van der Waals surface area contributed by atoms with E-state index < -0.39 is 0 Å². The summed E-state index contributed by atoms with van der Waals surface area (Å²) >= 11 is 1.69. The van der Waals surface area contributed by atoms with E-state index in [1.807, 2.05) is 54.9 Å². The van der Waals surface area contributed by atoms with E-state index in [1.165, 1.54) is 0 Å². The van der Waals surface area contributed by atoms with Crippen molar-refractivity contribution in [3.8, 4) is 5.75 Å². The Kier molecular flexibility index (Phi) is 7.62. The highest BCUT2D eigenvalue weighted by Crippen LogP contribution is 2.23. The third-order valence-electron chi connectivity index (χ3n) is 3.23. The van der Waals surface area contributed by atoms with Gasteiger partial charge in [0.2, 0.25) is 6.54 Å². The monoisotopic (exact) mass is 381 g/mol. The Morgan fingerprint density at radius 3 is 2.50 bits per heavy atom. The molecule has 0 fully saturated rings. The number of aromatic nitrogens is 1. The zero-order valence-electron chi connectivity index (χ0n) is 12.7. The van der Waals surface area contributed by atoms with Crippen molar-refractivity contribution in [3.63, 3.8) is 0 Å².